The lowest BCUT2D eigenvalue weighted by atomic mass is 10.2. The highest BCUT2D eigenvalue weighted by Crippen LogP contribution is 2.12. The average Bonchev–Trinajstić information content (AvgIpc) is 2.34. The Morgan fingerprint density at radius 3 is 2.29 bits per heavy atom. The molecule has 4 nitrogen and oxygen atoms in total. The molecule has 0 saturated carbocycles. The zero-order chi connectivity index (χ0) is 12.0. The minimum absolute atomic E-state index is 0.0135. The Labute approximate surface area is 109 Å². The van der Waals surface area contributed by atoms with E-state index in [0.29, 0.717) is 0 Å². The highest BCUT2D eigenvalue weighted by molar-refractivity contribution is 6.79. The minimum Gasteiger partial charge on any atom is -0.412 e. The lowest BCUT2D eigenvalue weighted by Gasteiger charge is -2.24. The quantitative estimate of drug-likeness (QED) is 0.763. The molecule has 2 rings (SSSR count). The fraction of sp³-hybridized carbons (Fsp3) is 0.111. The van der Waals surface area contributed by atoms with Gasteiger partial charge in [-0.2, -0.15) is 0 Å². The summed E-state index contributed by atoms with van der Waals surface area (Å²) in [7, 11) is -2.32. The third kappa shape index (κ3) is 4.44. The number of hydrogen-bond acceptors (Lipinski definition) is 4. The first-order valence-corrected chi connectivity index (χ1v) is 9.80. The van der Waals surface area contributed by atoms with Crippen molar-refractivity contribution in [1.82, 2.24) is 0 Å². The molecule has 1 aliphatic heterocycles. The molecule has 0 aromatic heterocycles. The normalized spacial score (nSPS) is 21.0. The zero-order valence-electron chi connectivity index (χ0n) is 9.17. The highest BCUT2D eigenvalue weighted by atomic mass is 28.5. The smallest absolute Gasteiger partial charge is 0.412 e. The third-order valence-corrected chi connectivity index (χ3v) is 8.05. The van der Waals surface area contributed by atoms with Gasteiger partial charge in [-0.05, 0) is 17.8 Å². The first-order chi connectivity index (χ1) is 8.29. The van der Waals surface area contributed by atoms with Crippen LogP contribution in [0.2, 0.25) is 6.55 Å². The van der Waals surface area contributed by atoms with Crippen molar-refractivity contribution in [2.45, 2.75) is 6.55 Å². The van der Waals surface area contributed by atoms with Crippen molar-refractivity contribution in [1.29, 1.82) is 0 Å². The van der Waals surface area contributed by atoms with Crippen LogP contribution in [0.3, 0.4) is 0 Å². The van der Waals surface area contributed by atoms with Crippen LogP contribution >= 0.6 is 0 Å². The Hall–Kier alpha value is -0.332. The van der Waals surface area contributed by atoms with Gasteiger partial charge in [0, 0.05) is 0 Å². The van der Waals surface area contributed by atoms with E-state index < -0.39 is 8.56 Å². The van der Waals surface area contributed by atoms with Crippen LogP contribution in [0.1, 0.15) is 5.56 Å². The number of benzene rings is 1. The summed E-state index contributed by atoms with van der Waals surface area (Å²) in [4.78, 5) is 0. The van der Waals surface area contributed by atoms with E-state index in [1.165, 1.54) is 0 Å². The van der Waals surface area contributed by atoms with Crippen molar-refractivity contribution in [3.63, 3.8) is 0 Å². The fourth-order valence-corrected chi connectivity index (χ4v) is 5.96. The monoisotopic (exact) mass is 294 g/mol. The minimum atomic E-state index is -2.30. The molecule has 1 aromatic carbocycles. The van der Waals surface area contributed by atoms with E-state index in [0.717, 1.165) is 5.56 Å². The van der Waals surface area contributed by atoms with Crippen molar-refractivity contribution in [3.8, 4) is 0 Å². The highest BCUT2D eigenvalue weighted by Gasteiger charge is 2.31. The molecule has 0 unspecified atom stereocenters. The summed E-state index contributed by atoms with van der Waals surface area (Å²) >= 11 is 0. The maximum absolute atomic E-state index is 5.66. The SMILES string of the molecule is C[Si]1(C=Cc2ccccc2)O[Si]O[Si]O[Si]O1. The fourth-order valence-electron chi connectivity index (χ4n) is 1.16. The summed E-state index contributed by atoms with van der Waals surface area (Å²) in [5.74, 6) is 0. The van der Waals surface area contributed by atoms with E-state index in [1.54, 1.807) is 0 Å². The first kappa shape index (κ1) is 13.1. The van der Waals surface area contributed by atoms with E-state index in [4.69, 9.17) is 16.5 Å². The standard InChI is InChI=1S/C9H10O4Si4/c1-17(12-15-10-14-11-16-13-17)8-7-9-5-3-2-4-6-9/h2-8H,1H3. The Morgan fingerprint density at radius 2 is 1.65 bits per heavy atom. The van der Waals surface area contributed by atoms with Crippen molar-refractivity contribution >= 4 is 44.7 Å². The van der Waals surface area contributed by atoms with Gasteiger partial charge in [-0.15, -0.1) is 0 Å². The molecular weight excluding hydrogens is 284 g/mol. The van der Waals surface area contributed by atoms with E-state index >= 15 is 0 Å². The van der Waals surface area contributed by atoms with Crippen LogP contribution in [0.5, 0.6) is 0 Å². The van der Waals surface area contributed by atoms with Crippen LogP contribution < -0.4 is 0 Å². The maximum Gasteiger partial charge on any atom is 0.413 e. The van der Waals surface area contributed by atoms with Gasteiger partial charge in [0.25, 0.3) is 0 Å². The van der Waals surface area contributed by atoms with Gasteiger partial charge in [0.1, 0.15) is 0 Å². The van der Waals surface area contributed by atoms with Crippen LogP contribution in [0.25, 0.3) is 6.08 Å². The third-order valence-electron chi connectivity index (χ3n) is 2.03. The second-order valence-electron chi connectivity index (χ2n) is 3.42. The van der Waals surface area contributed by atoms with Crippen LogP contribution in [0, 0.1) is 0 Å². The Morgan fingerprint density at radius 1 is 1.00 bits per heavy atom. The first-order valence-electron chi connectivity index (χ1n) is 4.95. The van der Waals surface area contributed by atoms with Crippen LogP contribution in [-0.2, 0) is 16.5 Å². The van der Waals surface area contributed by atoms with E-state index in [9.17, 15) is 0 Å². The van der Waals surface area contributed by atoms with Gasteiger partial charge in [-0.25, -0.2) is 0 Å². The predicted octanol–water partition coefficient (Wildman–Crippen LogP) is 0.994. The molecule has 0 aliphatic carbocycles. The second-order valence-corrected chi connectivity index (χ2v) is 9.55. The molecular formula is C9H10O4Si4. The van der Waals surface area contributed by atoms with Crippen molar-refractivity contribution in [2.24, 2.45) is 0 Å². The number of hydrogen-bond donors (Lipinski definition) is 0. The molecule has 0 amide bonds. The Balaban J connectivity index is 2.01. The van der Waals surface area contributed by atoms with Crippen LogP contribution in [-0.4, -0.2) is 38.6 Å². The molecule has 1 saturated heterocycles. The largest absolute Gasteiger partial charge is 0.413 e. The van der Waals surface area contributed by atoms with Gasteiger partial charge in [0.05, 0.1) is 0 Å². The lowest BCUT2D eigenvalue weighted by molar-refractivity contribution is 0.320. The van der Waals surface area contributed by atoms with Gasteiger partial charge in [0.15, 0.2) is 0 Å². The van der Waals surface area contributed by atoms with Gasteiger partial charge in [-0.1, -0.05) is 36.4 Å². The Kier molecular flexibility index (Phi) is 5.06. The summed E-state index contributed by atoms with van der Waals surface area (Å²) < 4.78 is 21.6. The van der Waals surface area contributed by atoms with Crippen molar-refractivity contribution in [3.05, 3.63) is 41.6 Å². The molecule has 86 valence electrons. The van der Waals surface area contributed by atoms with Crippen molar-refractivity contribution < 1.29 is 16.5 Å². The van der Waals surface area contributed by atoms with E-state index in [2.05, 4.69) is 0 Å². The maximum atomic E-state index is 5.66. The molecule has 0 bridgehead atoms. The summed E-state index contributed by atoms with van der Waals surface area (Å²) in [6.07, 6.45) is 2.02. The van der Waals surface area contributed by atoms with Gasteiger partial charge in [-0.3, -0.25) is 0 Å². The van der Waals surface area contributed by atoms with Gasteiger partial charge < -0.3 is 16.5 Å². The molecule has 17 heavy (non-hydrogen) atoms. The van der Waals surface area contributed by atoms with Crippen LogP contribution in [0.15, 0.2) is 36.0 Å². The van der Waals surface area contributed by atoms with Gasteiger partial charge in [0.2, 0.25) is 0 Å². The summed E-state index contributed by atoms with van der Waals surface area (Å²) in [6.45, 7) is 1.98. The molecule has 1 aliphatic rings. The Bertz CT molecular complexity index is 365. The van der Waals surface area contributed by atoms with Crippen LogP contribution in [0.4, 0.5) is 0 Å². The molecule has 1 heterocycles. The average molecular weight is 295 g/mol. The van der Waals surface area contributed by atoms with E-state index in [-0.39, 0.29) is 30.0 Å². The van der Waals surface area contributed by atoms with Gasteiger partial charge >= 0.3 is 38.6 Å². The molecule has 0 spiro atoms. The molecule has 6 radical (unpaired) electrons. The summed E-state index contributed by atoms with van der Waals surface area (Å²) in [5, 5.41) is 0. The van der Waals surface area contributed by atoms with Crippen molar-refractivity contribution in [2.75, 3.05) is 0 Å². The predicted molar refractivity (Wildman–Crippen MR) is 68.7 cm³/mol. The zero-order valence-corrected chi connectivity index (χ0v) is 13.2. The molecule has 8 heteroatoms. The number of rotatable bonds is 2. The molecule has 1 fully saturated rings. The molecule has 0 atom stereocenters. The summed E-state index contributed by atoms with van der Waals surface area (Å²) in [6, 6.07) is 10.1. The molecule has 1 aromatic rings. The van der Waals surface area contributed by atoms with E-state index in [1.807, 2.05) is 48.7 Å². The topological polar surface area (TPSA) is 36.9 Å². The lowest BCUT2D eigenvalue weighted by Crippen LogP contribution is -2.43. The molecule has 0 N–H and O–H groups in total. The summed E-state index contributed by atoms with van der Waals surface area (Å²) in [5.41, 5.74) is 3.13. The second kappa shape index (κ2) is 6.56.